The van der Waals surface area contributed by atoms with E-state index in [4.69, 9.17) is 5.73 Å². The number of nitrogens with zero attached hydrogens (tertiary/aromatic N) is 1. The van der Waals surface area contributed by atoms with Crippen molar-refractivity contribution in [2.45, 2.75) is 52.5 Å². The predicted octanol–water partition coefficient (Wildman–Crippen LogP) is 3.28. The fourth-order valence-electron chi connectivity index (χ4n) is 3.61. The summed E-state index contributed by atoms with van der Waals surface area (Å²) >= 11 is 0. The van der Waals surface area contributed by atoms with Crippen LogP contribution in [-0.4, -0.2) is 29.9 Å². The van der Waals surface area contributed by atoms with Crippen LogP contribution in [-0.2, 0) is 0 Å². The summed E-state index contributed by atoms with van der Waals surface area (Å²) in [4.78, 5) is 15.0. The molecule has 1 aromatic rings. The third kappa shape index (κ3) is 3.46. The van der Waals surface area contributed by atoms with Crippen molar-refractivity contribution in [2.24, 2.45) is 11.7 Å². The number of benzene rings is 1. The average molecular weight is 288 g/mol. The summed E-state index contributed by atoms with van der Waals surface area (Å²) in [7, 11) is 0. The van der Waals surface area contributed by atoms with E-state index in [9.17, 15) is 4.79 Å². The normalized spacial score (nSPS) is 22.1. The van der Waals surface area contributed by atoms with Crippen LogP contribution >= 0.6 is 0 Å². The van der Waals surface area contributed by atoms with Gasteiger partial charge in [0.2, 0.25) is 0 Å². The van der Waals surface area contributed by atoms with Crippen molar-refractivity contribution in [3.05, 3.63) is 34.9 Å². The first-order valence-corrected chi connectivity index (χ1v) is 8.16. The maximum atomic E-state index is 13.0. The van der Waals surface area contributed by atoms with Gasteiger partial charge in [0.15, 0.2) is 0 Å². The second-order valence-corrected chi connectivity index (χ2v) is 6.26. The van der Waals surface area contributed by atoms with Gasteiger partial charge in [-0.2, -0.15) is 0 Å². The summed E-state index contributed by atoms with van der Waals surface area (Å²) in [6.45, 7) is 7.60. The molecule has 0 spiro atoms. The molecule has 1 aliphatic rings. The van der Waals surface area contributed by atoms with Gasteiger partial charge in [0.05, 0.1) is 0 Å². The van der Waals surface area contributed by atoms with E-state index in [1.165, 1.54) is 18.4 Å². The number of amides is 1. The molecule has 2 rings (SSSR count). The van der Waals surface area contributed by atoms with E-state index < -0.39 is 0 Å². The lowest BCUT2D eigenvalue weighted by atomic mass is 9.83. The van der Waals surface area contributed by atoms with Gasteiger partial charge in [0.1, 0.15) is 0 Å². The van der Waals surface area contributed by atoms with E-state index in [-0.39, 0.29) is 5.91 Å². The van der Waals surface area contributed by atoms with Gasteiger partial charge in [-0.1, -0.05) is 30.5 Å². The lowest BCUT2D eigenvalue weighted by Gasteiger charge is -2.39. The Balaban J connectivity index is 2.25. The number of carbonyl (C=O) groups excluding carboxylic acids is 1. The monoisotopic (exact) mass is 288 g/mol. The summed E-state index contributed by atoms with van der Waals surface area (Å²) in [6.07, 6.45) is 4.69. The summed E-state index contributed by atoms with van der Waals surface area (Å²) in [5, 5.41) is 0. The van der Waals surface area contributed by atoms with E-state index in [2.05, 4.69) is 19.9 Å². The third-order valence-electron chi connectivity index (χ3n) is 4.79. The van der Waals surface area contributed by atoms with Crippen LogP contribution in [0.5, 0.6) is 0 Å². The Labute approximate surface area is 128 Å². The highest BCUT2D eigenvalue weighted by Gasteiger charge is 2.32. The molecule has 1 amide bonds. The molecular weight excluding hydrogens is 260 g/mol. The minimum atomic E-state index is 0.167. The zero-order valence-electron chi connectivity index (χ0n) is 13.6. The lowest BCUT2D eigenvalue weighted by Crippen LogP contribution is -2.48. The van der Waals surface area contributed by atoms with E-state index in [0.717, 1.165) is 30.5 Å². The summed E-state index contributed by atoms with van der Waals surface area (Å²) < 4.78 is 0. The van der Waals surface area contributed by atoms with Gasteiger partial charge in [-0.05, 0) is 57.7 Å². The van der Waals surface area contributed by atoms with Gasteiger partial charge < -0.3 is 10.6 Å². The van der Waals surface area contributed by atoms with E-state index in [0.29, 0.717) is 18.5 Å². The largest absolute Gasteiger partial charge is 0.336 e. The minimum Gasteiger partial charge on any atom is -0.336 e. The van der Waals surface area contributed by atoms with Gasteiger partial charge in [-0.15, -0.1) is 0 Å². The van der Waals surface area contributed by atoms with Crippen molar-refractivity contribution in [1.29, 1.82) is 0 Å². The van der Waals surface area contributed by atoms with Crippen LogP contribution in [0.4, 0.5) is 0 Å². The van der Waals surface area contributed by atoms with Crippen LogP contribution < -0.4 is 5.73 Å². The van der Waals surface area contributed by atoms with Crippen LogP contribution in [0.3, 0.4) is 0 Å². The third-order valence-corrected chi connectivity index (χ3v) is 4.79. The Kier molecular flexibility index (Phi) is 5.40. The molecule has 2 unspecified atom stereocenters. The second-order valence-electron chi connectivity index (χ2n) is 6.26. The predicted molar refractivity (Wildman–Crippen MR) is 87.4 cm³/mol. The Hall–Kier alpha value is -1.35. The molecule has 1 aliphatic carbocycles. The number of carbonyl (C=O) groups is 1. The molecule has 0 aliphatic heterocycles. The van der Waals surface area contributed by atoms with Crippen molar-refractivity contribution in [1.82, 2.24) is 4.90 Å². The highest BCUT2D eigenvalue weighted by Crippen LogP contribution is 2.29. The van der Waals surface area contributed by atoms with Crippen LogP contribution in [0.2, 0.25) is 0 Å². The molecule has 0 aromatic heterocycles. The Bertz CT molecular complexity index is 498. The Morgan fingerprint density at radius 3 is 2.62 bits per heavy atom. The quantitative estimate of drug-likeness (QED) is 0.924. The molecule has 1 saturated carbocycles. The van der Waals surface area contributed by atoms with Crippen LogP contribution in [0.15, 0.2) is 18.2 Å². The maximum Gasteiger partial charge on any atom is 0.254 e. The highest BCUT2D eigenvalue weighted by atomic mass is 16.2. The highest BCUT2D eigenvalue weighted by molar-refractivity contribution is 5.96. The summed E-state index contributed by atoms with van der Waals surface area (Å²) in [5.41, 5.74) is 9.04. The van der Waals surface area contributed by atoms with Gasteiger partial charge >= 0.3 is 0 Å². The number of hydrogen-bond acceptors (Lipinski definition) is 2. The Morgan fingerprint density at radius 1 is 1.29 bits per heavy atom. The fourth-order valence-corrected chi connectivity index (χ4v) is 3.61. The zero-order valence-corrected chi connectivity index (χ0v) is 13.6. The molecule has 1 aromatic carbocycles. The van der Waals surface area contributed by atoms with E-state index >= 15 is 0 Å². The molecule has 2 N–H and O–H groups in total. The van der Waals surface area contributed by atoms with Gasteiger partial charge in [-0.25, -0.2) is 0 Å². The zero-order chi connectivity index (χ0) is 15.4. The van der Waals surface area contributed by atoms with Crippen molar-refractivity contribution in [3.63, 3.8) is 0 Å². The first-order valence-electron chi connectivity index (χ1n) is 8.16. The summed E-state index contributed by atoms with van der Waals surface area (Å²) in [5.74, 6) is 0.619. The fraction of sp³-hybridized carbons (Fsp3) is 0.611. The first-order chi connectivity index (χ1) is 10.1. The first kappa shape index (κ1) is 16.0. The van der Waals surface area contributed by atoms with Crippen molar-refractivity contribution in [2.75, 3.05) is 13.1 Å². The molecule has 116 valence electrons. The molecule has 3 nitrogen and oxygen atoms in total. The maximum absolute atomic E-state index is 13.0. The molecule has 0 heterocycles. The minimum absolute atomic E-state index is 0.167. The molecule has 3 heteroatoms. The number of hydrogen-bond donors (Lipinski definition) is 1. The van der Waals surface area contributed by atoms with Crippen molar-refractivity contribution in [3.8, 4) is 0 Å². The molecule has 2 atom stereocenters. The smallest absolute Gasteiger partial charge is 0.254 e. The molecule has 1 fully saturated rings. The average Bonchev–Trinajstić information content (AvgIpc) is 2.48. The standard InChI is InChI=1S/C18H28N2O/c1-4-20(17-8-6-5-7-15(17)12-19)18(21)16-10-9-13(2)11-14(16)3/h9-11,15,17H,4-8,12,19H2,1-3H3. The molecular formula is C18H28N2O. The van der Waals surface area contributed by atoms with Gasteiger partial charge in [-0.3, -0.25) is 4.79 Å². The number of aryl methyl sites for hydroxylation is 2. The van der Waals surface area contributed by atoms with E-state index in [1.807, 2.05) is 24.0 Å². The second kappa shape index (κ2) is 7.08. The SMILES string of the molecule is CCN(C(=O)c1ccc(C)cc1C)C1CCCCC1CN. The van der Waals surface area contributed by atoms with Crippen LogP contribution in [0, 0.1) is 19.8 Å². The molecule has 0 saturated heterocycles. The molecule has 21 heavy (non-hydrogen) atoms. The Morgan fingerprint density at radius 2 is 2.00 bits per heavy atom. The van der Waals surface area contributed by atoms with Crippen LogP contribution in [0.1, 0.15) is 54.1 Å². The summed E-state index contributed by atoms with van der Waals surface area (Å²) in [6, 6.07) is 6.38. The van der Waals surface area contributed by atoms with E-state index in [1.54, 1.807) is 0 Å². The van der Waals surface area contributed by atoms with Crippen molar-refractivity contribution < 1.29 is 4.79 Å². The van der Waals surface area contributed by atoms with Crippen molar-refractivity contribution >= 4 is 5.91 Å². The van der Waals surface area contributed by atoms with Gasteiger partial charge in [0, 0.05) is 18.2 Å². The van der Waals surface area contributed by atoms with Crippen LogP contribution in [0.25, 0.3) is 0 Å². The van der Waals surface area contributed by atoms with Gasteiger partial charge in [0.25, 0.3) is 5.91 Å². The number of rotatable bonds is 4. The molecule has 0 bridgehead atoms. The molecule has 0 radical (unpaired) electrons. The lowest BCUT2D eigenvalue weighted by molar-refractivity contribution is 0.0559. The topological polar surface area (TPSA) is 46.3 Å². The number of nitrogens with two attached hydrogens (primary N) is 1.